The molecule has 86 valence electrons. The number of nitrogens with zero attached hydrogens (tertiary/aromatic N) is 1. The van der Waals surface area contributed by atoms with E-state index in [1.165, 1.54) is 12.1 Å². The van der Waals surface area contributed by atoms with E-state index in [1.54, 1.807) is 0 Å². The summed E-state index contributed by atoms with van der Waals surface area (Å²) >= 11 is 5.61. The second kappa shape index (κ2) is 5.83. The zero-order valence-corrected chi connectivity index (χ0v) is 9.71. The second-order valence-electron chi connectivity index (χ2n) is 3.63. The zero-order valence-electron chi connectivity index (χ0n) is 8.95. The van der Waals surface area contributed by atoms with Crippen molar-refractivity contribution < 1.29 is 9.50 Å². The first-order chi connectivity index (χ1) is 7.60. The topological polar surface area (TPSA) is 44.0 Å². The fourth-order valence-corrected chi connectivity index (χ4v) is 1.72. The van der Waals surface area contributed by atoms with Crippen LogP contribution < -0.4 is 0 Å². The summed E-state index contributed by atoms with van der Waals surface area (Å²) < 4.78 is 13.5. The van der Waals surface area contributed by atoms with Gasteiger partial charge in [-0.3, -0.25) is 0 Å². The van der Waals surface area contributed by atoms with E-state index in [9.17, 15) is 9.50 Å². The van der Waals surface area contributed by atoms with Crippen LogP contribution in [0, 0.1) is 23.1 Å². The lowest BCUT2D eigenvalue weighted by Gasteiger charge is -2.16. The third-order valence-electron chi connectivity index (χ3n) is 2.43. The Morgan fingerprint density at radius 3 is 2.75 bits per heavy atom. The van der Waals surface area contributed by atoms with E-state index in [1.807, 2.05) is 13.0 Å². The Bertz CT molecular complexity index is 402. The highest BCUT2D eigenvalue weighted by Gasteiger charge is 2.22. The number of aliphatic hydroxyl groups excluding tert-OH is 1. The predicted molar refractivity (Wildman–Crippen MR) is 60.4 cm³/mol. The number of hydrogen-bond acceptors (Lipinski definition) is 2. The molecule has 0 aliphatic heterocycles. The fourth-order valence-electron chi connectivity index (χ4n) is 1.56. The van der Waals surface area contributed by atoms with E-state index in [2.05, 4.69) is 0 Å². The van der Waals surface area contributed by atoms with Crippen molar-refractivity contribution in [1.29, 1.82) is 5.26 Å². The molecule has 1 N–H and O–H groups in total. The van der Waals surface area contributed by atoms with Gasteiger partial charge >= 0.3 is 0 Å². The van der Waals surface area contributed by atoms with Crippen molar-refractivity contribution in [3.8, 4) is 6.07 Å². The molecule has 0 aliphatic carbocycles. The van der Waals surface area contributed by atoms with Gasteiger partial charge in [0.05, 0.1) is 18.1 Å². The number of hydrogen-bond donors (Lipinski definition) is 1. The van der Waals surface area contributed by atoms with Crippen LogP contribution in [0.1, 0.15) is 31.4 Å². The van der Waals surface area contributed by atoms with E-state index >= 15 is 0 Å². The van der Waals surface area contributed by atoms with Gasteiger partial charge in [-0.05, 0) is 18.6 Å². The van der Waals surface area contributed by atoms with Gasteiger partial charge in [-0.25, -0.2) is 4.39 Å². The molecule has 0 saturated heterocycles. The monoisotopic (exact) mass is 241 g/mol. The van der Waals surface area contributed by atoms with Gasteiger partial charge in [0.15, 0.2) is 0 Å². The number of rotatable bonds is 4. The molecule has 0 heterocycles. The van der Waals surface area contributed by atoms with Crippen molar-refractivity contribution in [3.63, 3.8) is 0 Å². The average Bonchev–Trinajstić information content (AvgIpc) is 2.25. The van der Waals surface area contributed by atoms with Crippen LogP contribution in [0.3, 0.4) is 0 Å². The Kier molecular flexibility index (Phi) is 4.72. The molecule has 0 spiro atoms. The lowest BCUT2D eigenvalue weighted by atomic mass is 9.93. The van der Waals surface area contributed by atoms with Crippen molar-refractivity contribution in [2.75, 3.05) is 0 Å². The van der Waals surface area contributed by atoms with Crippen molar-refractivity contribution in [2.24, 2.45) is 5.92 Å². The summed E-state index contributed by atoms with van der Waals surface area (Å²) in [6, 6.07) is 6.06. The van der Waals surface area contributed by atoms with Gasteiger partial charge in [0.1, 0.15) is 5.82 Å². The van der Waals surface area contributed by atoms with Gasteiger partial charge < -0.3 is 5.11 Å². The average molecular weight is 242 g/mol. The summed E-state index contributed by atoms with van der Waals surface area (Å²) in [5, 5.41) is 19.0. The predicted octanol–water partition coefficient (Wildman–Crippen LogP) is 3.45. The highest BCUT2D eigenvalue weighted by molar-refractivity contribution is 6.30. The van der Waals surface area contributed by atoms with Crippen LogP contribution in [0.5, 0.6) is 0 Å². The molecule has 2 nitrogen and oxygen atoms in total. The Morgan fingerprint density at radius 1 is 1.56 bits per heavy atom. The number of nitriles is 1. The summed E-state index contributed by atoms with van der Waals surface area (Å²) in [7, 11) is 0. The van der Waals surface area contributed by atoms with E-state index in [-0.39, 0.29) is 10.6 Å². The SMILES string of the molecule is CCCC(C#N)C(O)c1ccc(Cl)cc1F. The Balaban J connectivity index is 2.95. The summed E-state index contributed by atoms with van der Waals surface area (Å²) in [5.74, 6) is -1.16. The molecule has 16 heavy (non-hydrogen) atoms. The lowest BCUT2D eigenvalue weighted by molar-refractivity contribution is 0.126. The minimum absolute atomic E-state index is 0.129. The van der Waals surface area contributed by atoms with Crippen molar-refractivity contribution >= 4 is 11.6 Å². The van der Waals surface area contributed by atoms with Crippen molar-refractivity contribution in [3.05, 3.63) is 34.6 Å². The van der Waals surface area contributed by atoms with Crippen LogP contribution in [0.25, 0.3) is 0 Å². The maximum atomic E-state index is 13.5. The van der Waals surface area contributed by atoms with Crippen molar-refractivity contribution in [1.82, 2.24) is 0 Å². The molecule has 4 heteroatoms. The van der Waals surface area contributed by atoms with E-state index in [4.69, 9.17) is 16.9 Å². The molecule has 0 aliphatic rings. The van der Waals surface area contributed by atoms with Crippen LogP contribution in [0.2, 0.25) is 5.02 Å². The number of halogens is 2. The summed E-state index contributed by atoms with van der Waals surface area (Å²) in [6.07, 6.45) is 0.215. The molecular weight excluding hydrogens is 229 g/mol. The van der Waals surface area contributed by atoms with Gasteiger partial charge in [-0.15, -0.1) is 0 Å². The molecule has 0 amide bonds. The van der Waals surface area contributed by atoms with Gasteiger partial charge in [0, 0.05) is 10.6 Å². The van der Waals surface area contributed by atoms with E-state index in [0.717, 1.165) is 12.5 Å². The molecule has 2 unspecified atom stereocenters. The smallest absolute Gasteiger partial charge is 0.130 e. The first-order valence-electron chi connectivity index (χ1n) is 5.12. The first-order valence-corrected chi connectivity index (χ1v) is 5.50. The molecular formula is C12H13ClFNO. The summed E-state index contributed by atoms with van der Waals surface area (Å²) in [6.45, 7) is 1.91. The normalized spacial score (nSPS) is 14.2. The summed E-state index contributed by atoms with van der Waals surface area (Å²) in [5.41, 5.74) is 0.129. The number of aliphatic hydroxyl groups is 1. The molecule has 0 bridgehead atoms. The highest BCUT2D eigenvalue weighted by atomic mass is 35.5. The van der Waals surface area contributed by atoms with Crippen LogP contribution in [0.15, 0.2) is 18.2 Å². The summed E-state index contributed by atoms with van der Waals surface area (Å²) in [4.78, 5) is 0. The van der Waals surface area contributed by atoms with Gasteiger partial charge in [-0.2, -0.15) is 5.26 Å². The van der Waals surface area contributed by atoms with Gasteiger partial charge in [0.2, 0.25) is 0 Å². The minimum Gasteiger partial charge on any atom is -0.387 e. The molecule has 0 saturated carbocycles. The van der Waals surface area contributed by atoms with Crippen LogP contribution in [-0.4, -0.2) is 5.11 Å². The Hall–Kier alpha value is -1.11. The van der Waals surface area contributed by atoms with E-state index < -0.39 is 17.8 Å². The molecule has 2 atom stereocenters. The maximum absolute atomic E-state index is 13.5. The maximum Gasteiger partial charge on any atom is 0.130 e. The number of benzene rings is 1. The largest absolute Gasteiger partial charge is 0.387 e. The van der Waals surface area contributed by atoms with Gasteiger partial charge in [-0.1, -0.05) is 31.0 Å². The Labute approximate surface area is 99.3 Å². The molecule has 0 radical (unpaired) electrons. The van der Waals surface area contributed by atoms with Crippen LogP contribution in [-0.2, 0) is 0 Å². The minimum atomic E-state index is -1.10. The molecule has 0 fully saturated rings. The molecule has 0 aromatic heterocycles. The lowest BCUT2D eigenvalue weighted by Crippen LogP contribution is -2.12. The van der Waals surface area contributed by atoms with E-state index in [0.29, 0.717) is 6.42 Å². The van der Waals surface area contributed by atoms with Crippen LogP contribution >= 0.6 is 11.6 Å². The molecule has 1 aromatic carbocycles. The molecule has 1 aromatic rings. The highest BCUT2D eigenvalue weighted by Crippen LogP contribution is 2.28. The zero-order chi connectivity index (χ0) is 12.1. The van der Waals surface area contributed by atoms with Gasteiger partial charge in [0.25, 0.3) is 0 Å². The second-order valence-corrected chi connectivity index (χ2v) is 4.07. The quantitative estimate of drug-likeness (QED) is 0.878. The fraction of sp³-hybridized carbons (Fsp3) is 0.417. The van der Waals surface area contributed by atoms with Crippen molar-refractivity contribution in [2.45, 2.75) is 25.9 Å². The third-order valence-corrected chi connectivity index (χ3v) is 2.66. The van der Waals surface area contributed by atoms with Crippen LogP contribution in [0.4, 0.5) is 4.39 Å². The molecule has 1 rings (SSSR count). The third kappa shape index (κ3) is 2.94. The first kappa shape index (κ1) is 13.0. The standard InChI is InChI=1S/C12H13ClFNO/c1-2-3-8(7-15)12(16)10-5-4-9(13)6-11(10)14/h4-6,8,12,16H,2-3H2,1H3. The Morgan fingerprint density at radius 2 is 2.25 bits per heavy atom.